The van der Waals surface area contributed by atoms with Gasteiger partial charge in [-0.25, -0.2) is 13.6 Å². The zero-order valence-corrected chi connectivity index (χ0v) is 11.1. The summed E-state index contributed by atoms with van der Waals surface area (Å²) in [5, 5.41) is 4.99. The van der Waals surface area contributed by atoms with E-state index >= 15 is 0 Å². The van der Waals surface area contributed by atoms with Crippen LogP contribution in [0.5, 0.6) is 0 Å². The van der Waals surface area contributed by atoms with Gasteiger partial charge in [-0.2, -0.15) is 0 Å². The first-order valence-corrected chi connectivity index (χ1v) is 7.30. The quantitative estimate of drug-likeness (QED) is 0.657. The second-order valence-corrected chi connectivity index (χ2v) is 5.57. The second-order valence-electron chi connectivity index (χ2n) is 3.91. The van der Waals surface area contributed by atoms with Crippen LogP contribution >= 0.6 is 0 Å². The molecule has 0 fully saturated rings. The third-order valence-electron chi connectivity index (χ3n) is 2.22. The van der Waals surface area contributed by atoms with Crippen LogP contribution in [0, 0.1) is 5.92 Å². The van der Waals surface area contributed by atoms with Crippen LogP contribution in [-0.2, 0) is 19.5 Å². The maximum Gasteiger partial charge on any atom is 0.209 e. The Morgan fingerprint density at radius 3 is 2.31 bits per heavy atom. The normalized spacial score (nSPS) is 16.0. The average Bonchev–Trinajstić information content (AvgIpc) is 2.19. The van der Waals surface area contributed by atoms with E-state index in [0.29, 0.717) is 19.8 Å². The summed E-state index contributed by atoms with van der Waals surface area (Å²) in [6.45, 7) is 7.33. The number of ether oxygens (including phenoxy) is 2. The Labute approximate surface area is 98.4 Å². The highest BCUT2D eigenvalue weighted by Gasteiger charge is 2.15. The van der Waals surface area contributed by atoms with Crippen molar-refractivity contribution in [2.75, 3.05) is 25.6 Å². The molecular weight excluding hydrogens is 230 g/mol. The minimum absolute atomic E-state index is 0.0190. The number of rotatable bonds is 9. The smallest absolute Gasteiger partial charge is 0.209 e. The first-order chi connectivity index (χ1) is 7.39. The van der Waals surface area contributed by atoms with E-state index in [9.17, 15) is 8.42 Å². The van der Waals surface area contributed by atoms with Crippen LogP contribution in [0.25, 0.3) is 0 Å². The van der Waals surface area contributed by atoms with Crippen LogP contribution in [0.3, 0.4) is 0 Å². The third kappa shape index (κ3) is 9.08. The lowest BCUT2D eigenvalue weighted by Crippen LogP contribution is -2.28. The molecule has 0 spiro atoms. The van der Waals surface area contributed by atoms with Crippen molar-refractivity contribution in [1.29, 1.82) is 0 Å². The van der Waals surface area contributed by atoms with E-state index < -0.39 is 10.0 Å². The van der Waals surface area contributed by atoms with Gasteiger partial charge in [0.1, 0.15) is 0 Å². The first-order valence-electron chi connectivity index (χ1n) is 5.58. The Kier molecular flexibility index (Phi) is 7.91. The Morgan fingerprint density at radius 1 is 1.25 bits per heavy atom. The van der Waals surface area contributed by atoms with Gasteiger partial charge in [0.25, 0.3) is 0 Å². The Balaban J connectivity index is 3.86. The molecule has 6 heteroatoms. The van der Waals surface area contributed by atoms with Gasteiger partial charge in [-0.1, -0.05) is 13.3 Å². The van der Waals surface area contributed by atoms with Crippen LogP contribution in [-0.4, -0.2) is 40.1 Å². The molecule has 2 unspecified atom stereocenters. The van der Waals surface area contributed by atoms with Crippen molar-refractivity contribution >= 4 is 10.0 Å². The first kappa shape index (κ1) is 15.8. The van der Waals surface area contributed by atoms with Gasteiger partial charge in [0.15, 0.2) is 0 Å². The van der Waals surface area contributed by atoms with E-state index in [4.69, 9.17) is 14.6 Å². The average molecular weight is 253 g/mol. The Bertz CT molecular complexity index is 266. The third-order valence-corrected chi connectivity index (χ3v) is 3.15. The molecule has 0 aliphatic carbocycles. The van der Waals surface area contributed by atoms with Crippen molar-refractivity contribution in [1.82, 2.24) is 0 Å². The van der Waals surface area contributed by atoms with Crippen LogP contribution < -0.4 is 5.14 Å². The summed E-state index contributed by atoms with van der Waals surface area (Å²) in [7, 11) is -3.41. The lowest BCUT2D eigenvalue weighted by atomic mass is 10.1. The lowest BCUT2D eigenvalue weighted by molar-refractivity contribution is -0.0150. The Morgan fingerprint density at radius 2 is 1.88 bits per heavy atom. The maximum atomic E-state index is 10.9. The predicted octanol–water partition coefficient (Wildman–Crippen LogP) is 0.743. The zero-order chi connectivity index (χ0) is 12.6. The van der Waals surface area contributed by atoms with Gasteiger partial charge in [0.2, 0.25) is 10.0 Å². The molecular formula is C10H23NO4S. The fourth-order valence-corrected chi connectivity index (χ4v) is 2.23. The minimum atomic E-state index is -3.41. The van der Waals surface area contributed by atoms with Crippen molar-refractivity contribution in [3.63, 3.8) is 0 Å². The Hall–Kier alpha value is -0.170. The van der Waals surface area contributed by atoms with Gasteiger partial charge in [0, 0.05) is 6.61 Å². The summed E-state index contributed by atoms with van der Waals surface area (Å²) >= 11 is 0. The van der Waals surface area contributed by atoms with Crippen LogP contribution in [0.1, 0.15) is 27.2 Å². The molecule has 0 amide bonds. The molecule has 0 aromatic rings. The molecule has 0 aliphatic rings. The number of primary sulfonamides is 1. The fourth-order valence-electron chi connectivity index (χ4n) is 1.24. The van der Waals surface area contributed by atoms with Crippen molar-refractivity contribution in [3.05, 3.63) is 0 Å². The van der Waals surface area contributed by atoms with Gasteiger partial charge in [0.05, 0.1) is 25.1 Å². The molecule has 2 N–H and O–H groups in total. The second kappa shape index (κ2) is 8.00. The number of sulfonamides is 1. The molecule has 0 rings (SSSR count). The van der Waals surface area contributed by atoms with E-state index in [1.165, 1.54) is 0 Å². The highest BCUT2D eigenvalue weighted by atomic mass is 32.2. The summed E-state index contributed by atoms with van der Waals surface area (Å²) in [6, 6.07) is 0. The number of hydrogen-bond donors (Lipinski definition) is 1. The molecule has 0 aliphatic heterocycles. The lowest BCUT2D eigenvalue weighted by Gasteiger charge is -2.18. The monoisotopic (exact) mass is 253 g/mol. The molecule has 0 aromatic heterocycles. The largest absolute Gasteiger partial charge is 0.379 e. The molecule has 2 atom stereocenters. The van der Waals surface area contributed by atoms with Crippen molar-refractivity contribution < 1.29 is 17.9 Å². The molecule has 0 saturated carbocycles. The molecule has 0 aromatic carbocycles. The minimum Gasteiger partial charge on any atom is -0.379 e. The molecule has 5 nitrogen and oxygen atoms in total. The zero-order valence-electron chi connectivity index (χ0n) is 10.3. The van der Waals surface area contributed by atoms with E-state index in [2.05, 4.69) is 0 Å². The van der Waals surface area contributed by atoms with Gasteiger partial charge in [-0.3, -0.25) is 0 Å². The maximum absolute atomic E-state index is 10.9. The van der Waals surface area contributed by atoms with Crippen molar-refractivity contribution in [3.8, 4) is 0 Å². The van der Waals surface area contributed by atoms with E-state index in [0.717, 1.165) is 6.42 Å². The van der Waals surface area contributed by atoms with Crippen LogP contribution in [0.2, 0.25) is 0 Å². The number of hydrogen-bond acceptors (Lipinski definition) is 4. The van der Waals surface area contributed by atoms with Gasteiger partial charge in [-0.05, 0) is 19.8 Å². The van der Waals surface area contributed by atoms with Crippen LogP contribution in [0.4, 0.5) is 0 Å². The SMILES string of the molecule is CCOCC(C)OCC(CC)CS(N)(=O)=O. The molecule has 98 valence electrons. The van der Waals surface area contributed by atoms with Crippen LogP contribution in [0.15, 0.2) is 0 Å². The molecule has 0 radical (unpaired) electrons. The van der Waals surface area contributed by atoms with Crippen molar-refractivity contribution in [2.24, 2.45) is 11.1 Å². The van der Waals surface area contributed by atoms with Gasteiger partial charge >= 0.3 is 0 Å². The van der Waals surface area contributed by atoms with E-state index in [-0.39, 0.29) is 17.8 Å². The van der Waals surface area contributed by atoms with Gasteiger partial charge < -0.3 is 9.47 Å². The predicted molar refractivity (Wildman–Crippen MR) is 63.7 cm³/mol. The summed E-state index contributed by atoms with van der Waals surface area (Å²) in [5.74, 6) is -0.0655. The molecule has 0 bridgehead atoms. The summed E-state index contributed by atoms with van der Waals surface area (Å²) in [5.41, 5.74) is 0. The van der Waals surface area contributed by atoms with Gasteiger partial charge in [-0.15, -0.1) is 0 Å². The number of nitrogens with two attached hydrogens (primary N) is 1. The molecule has 0 heterocycles. The highest BCUT2D eigenvalue weighted by Crippen LogP contribution is 2.07. The molecule has 0 saturated heterocycles. The molecule has 16 heavy (non-hydrogen) atoms. The van der Waals surface area contributed by atoms with E-state index in [1.807, 2.05) is 20.8 Å². The summed E-state index contributed by atoms with van der Waals surface area (Å²) < 4.78 is 32.5. The summed E-state index contributed by atoms with van der Waals surface area (Å²) in [4.78, 5) is 0. The van der Waals surface area contributed by atoms with E-state index in [1.54, 1.807) is 0 Å². The summed E-state index contributed by atoms with van der Waals surface area (Å²) in [6.07, 6.45) is 0.715. The fraction of sp³-hybridized carbons (Fsp3) is 1.00. The topological polar surface area (TPSA) is 78.6 Å². The van der Waals surface area contributed by atoms with Crippen molar-refractivity contribution in [2.45, 2.75) is 33.3 Å². The highest BCUT2D eigenvalue weighted by molar-refractivity contribution is 7.89. The standard InChI is InChI=1S/C10H23NO4S/c1-4-10(8-16(11,12)13)7-15-9(3)6-14-5-2/h9-10H,4-8H2,1-3H3,(H2,11,12,13).